The molecule has 2 aromatic heterocycles. The van der Waals surface area contributed by atoms with Crippen LogP contribution in [0.15, 0.2) is 48.0 Å². The zero-order valence-corrected chi connectivity index (χ0v) is 14.0. The molecule has 0 aliphatic rings. The van der Waals surface area contributed by atoms with Crippen molar-refractivity contribution in [1.29, 1.82) is 0 Å². The molecule has 0 aliphatic carbocycles. The van der Waals surface area contributed by atoms with Gasteiger partial charge in [0.15, 0.2) is 0 Å². The highest BCUT2D eigenvalue weighted by atomic mass is 35.5. The lowest BCUT2D eigenvalue weighted by atomic mass is 10.2. The van der Waals surface area contributed by atoms with E-state index in [1.54, 1.807) is 35.8 Å². The third-order valence-electron chi connectivity index (χ3n) is 3.14. The Hall–Kier alpha value is -2.31. The lowest BCUT2D eigenvalue weighted by molar-refractivity contribution is -0.144. The Morgan fingerprint density at radius 2 is 2.17 bits per heavy atom. The van der Waals surface area contributed by atoms with E-state index < -0.39 is 0 Å². The van der Waals surface area contributed by atoms with E-state index in [2.05, 4.69) is 9.97 Å². The molecule has 24 heavy (non-hydrogen) atoms. The van der Waals surface area contributed by atoms with Gasteiger partial charge in [0.05, 0.1) is 12.1 Å². The summed E-state index contributed by atoms with van der Waals surface area (Å²) in [6.45, 7) is 0.129. The second-order valence-corrected chi connectivity index (χ2v) is 6.23. The first-order chi connectivity index (χ1) is 11.6. The molecule has 7 heteroatoms. The molecule has 0 radical (unpaired) electrons. The van der Waals surface area contributed by atoms with Crippen LogP contribution in [0.1, 0.15) is 11.3 Å². The van der Waals surface area contributed by atoms with Crippen LogP contribution in [0, 0.1) is 5.82 Å². The van der Waals surface area contributed by atoms with E-state index in [-0.39, 0.29) is 24.8 Å². The molecule has 0 unspecified atom stereocenters. The maximum Gasteiger partial charge on any atom is 0.312 e. The fourth-order valence-corrected chi connectivity index (χ4v) is 2.93. The molecule has 3 aromatic rings. The van der Waals surface area contributed by atoms with Crippen LogP contribution in [0.4, 0.5) is 4.39 Å². The standard InChI is InChI=1S/C17H12ClFN2O2S/c18-15-5-4-11(8-20-15)9-23-16(22)7-14-10-24-17(21-14)12-2-1-3-13(19)6-12/h1-6,8,10H,7,9H2. The molecular weight excluding hydrogens is 351 g/mol. The molecule has 122 valence electrons. The van der Waals surface area contributed by atoms with E-state index >= 15 is 0 Å². The molecule has 0 saturated carbocycles. The Labute approximate surface area is 146 Å². The number of hydrogen-bond donors (Lipinski definition) is 0. The van der Waals surface area contributed by atoms with Crippen molar-refractivity contribution in [3.8, 4) is 10.6 Å². The number of pyridine rings is 1. The van der Waals surface area contributed by atoms with Gasteiger partial charge in [-0.15, -0.1) is 11.3 Å². The van der Waals surface area contributed by atoms with E-state index in [1.807, 2.05) is 0 Å². The van der Waals surface area contributed by atoms with Crippen molar-refractivity contribution in [2.75, 3.05) is 0 Å². The van der Waals surface area contributed by atoms with Crippen molar-refractivity contribution in [1.82, 2.24) is 9.97 Å². The number of carbonyl (C=O) groups is 1. The van der Waals surface area contributed by atoms with Crippen LogP contribution in [0.5, 0.6) is 0 Å². The number of rotatable bonds is 5. The third-order valence-corrected chi connectivity index (χ3v) is 4.30. The summed E-state index contributed by atoms with van der Waals surface area (Å²) in [5.41, 5.74) is 2.04. The van der Waals surface area contributed by atoms with Crippen molar-refractivity contribution in [3.63, 3.8) is 0 Å². The molecule has 0 bridgehead atoms. The Bertz CT molecular complexity index is 852. The molecule has 0 saturated heterocycles. The topological polar surface area (TPSA) is 52.1 Å². The average molecular weight is 363 g/mol. The lowest BCUT2D eigenvalue weighted by Gasteiger charge is -2.03. The van der Waals surface area contributed by atoms with Crippen molar-refractivity contribution < 1.29 is 13.9 Å². The Morgan fingerprint density at radius 3 is 2.92 bits per heavy atom. The summed E-state index contributed by atoms with van der Waals surface area (Å²) in [5.74, 6) is -0.707. The van der Waals surface area contributed by atoms with E-state index in [0.29, 0.717) is 21.4 Å². The van der Waals surface area contributed by atoms with Gasteiger partial charge in [0.2, 0.25) is 0 Å². The summed E-state index contributed by atoms with van der Waals surface area (Å²) in [6, 6.07) is 9.57. The summed E-state index contributed by atoms with van der Waals surface area (Å²) in [7, 11) is 0. The van der Waals surface area contributed by atoms with Gasteiger partial charge in [-0.2, -0.15) is 0 Å². The van der Waals surface area contributed by atoms with Crippen molar-refractivity contribution >= 4 is 28.9 Å². The number of nitrogens with zero attached hydrogens (tertiary/aromatic N) is 2. The first kappa shape index (κ1) is 16.5. The number of thiazole rings is 1. The predicted molar refractivity (Wildman–Crippen MR) is 90.3 cm³/mol. The number of halogens is 2. The van der Waals surface area contributed by atoms with Crippen LogP contribution in [0.25, 0.3) is 10.6 Å². The van der Waals surface area contributed by atoms with Crippen molar-refractivity contribution in [2.24, 2.45) is 0 Å². The summed E-state index contributed by atoms with van der Waals surface area (Å²) in [5, 5.41) is 2.82. The number of carbonyl (C=O) groups excluding carboxylic acids is 1. The number of esters is 1. The van der Waals surface area contributed by atoms with Gasteiger partial charge in [0.1, 0.15) is 22.6 Å². The largest absolute Gasteiger partial charge is 0.460 e. The summed E-state index contributed by atoms with van der Waals surface area (Å²) < 4.78 is 18.4. The van der Waals surface area contributed by atoms with Crippen molar-refractivity contribution in [2.45, 2.75) is 13.0 Å². The fourth-order valence-electron chi connectivity index (χ4n) is 2.00. The molecule has 0 fully saturated rings. The smallest absolute Gasteiger partial charge is 0.312 e. The van der Waals surface area contributed by atoms with Crippen LogP contribution in [0.2, 0.25) is 5.15 Å². The maximum absolute atomic E-state index is 13.2. The van der Waals surface area contributed by atoms with Gasteiger partial charge in [-0.25, -0.2) is 14.4 Å². The molecule has 3 rings (SSSR count). The molecule has 0 N–H and O–H groups in total. The van der Waals surface area contributed by atoms with Gasteiger partial charge in [0.25, 0.3) is 0 Å². The predicted octanol–water partition coefficient (Wildman–Crippen LogP) is 4.28. The molecule has 4 nitrogen and oxygen atoms in total. The Morgan fingerprint density at radius 1 is 1.29 bits per heavy atom. The lowest BCUT2D eigenvalue weighted by Crippen LogP contribution is -2.08. The fraction of sp³-hybridized carbons (Fsp3) is 0.118. The van der Waals surface area contributed by atoms with Gasteiger partial charge in [0, 0.05) is 22.7 Å². The van der Waals surface area contributed by atoms with E-state index in [4.69, 9.17) is 16.3 Å². The molecule has 0 aliphatic heterocycles. The summed E-state index contributed by atoms with van der Waals surface area (Å²) in [6.07, 6.45) is 1.62. The second-order valence-electron chi connectivity index (χ2n) is 4.98. The van der Waals surface area contributed by atoms with Crippen LogP contribution >= 0.6 is 22.9 Å². The molecule has 1 aromatic carbocycles. The van der Waals surface area contributed by atoms with Crippen LogP contribution < -0.4 is 0 Å². The average Bonchev–Trinajstić information content (AvgIpc) is 3.03. The third kappa shape index (κ3) is 4.37. The van der Waals surface area contributed by atoms with Gasteiger partial charge in [-0.05, 0) is 18.2 Å². The Kier molecular flexibility index (Phi) is 5.17. The maximum atomic E-state index is 13.2. The molecule has 0 amide bonds. The van der Waals surface area contributed by atoms with E-state index in [9.17, 15) is 9.18 Å². The van der Waals surface area contributed by atoms with Gasteiger partial charge in [-0.1, -0.05) is 29.8 Å². The first-order valence-electron chi connectivity index (χ1n) is 7.06. The molecule has 0 atom stereocenters. The minimum Gasteiger partial charge on any atom is -0.460 e. The highest BCUT2D eigenvalue weighted by molar-refractivity contribution is 7.13. The van der Waals surface area contributed by atoms with Gasteiger partial charge in [-0.3, -0.25) is 4.79 Å². The quantitative estimate of drug-likeness (QED) is 0.502. The van der Waals surface area contributed by atoms with Crippen LogP contribution in [0.3, 0.4) is 0 Å². The zero-order valence-electron chi connectivity index (χ0n) is 12.4. The van der Waals surface area contributed by atoms with Crippen LogP contribution in [-0.2, 0) is 22.6 Å². The number of ether oxygens (including phenoxy) is 1. The SMILES string of the molecule is O=C(Cc1csc(-c2cccc(F)c2)n1)OCc1ccc(Cl)nc1. The van der Waals surface area contributed by atoms with Crippen molar-refractivity contribution in [3.05, 3.63) is 70.2 Å². The molecular formula is C17H12ClFN2O2S. The number of hydrogen-bond acceptors (Lipinski definition) is 5. The Balaban J connectivity index is 1.58. The van der Waals surface area contributed by atoms with Crippen LogP contribution in [-0.4, -0.2) is 15.9 Å². The first-order valence-corrected chi connectivity index (χ1v) is 8.32. The van der Waals surface area contributed by atoms with Gasteiger partial charge < -0.3 is 4.74 Å². The van der Waals surface area contributed by atoms with E-state index in [0.717, 1.165) is 5.56 Å². The summed E-state index contributed by atoms with van der Waals surface area (Å²) in [4.78, 5) is 20.2. The number of benzene rings is 1. The molecule has 2 heterocycles. The second kappa shape index (κ2) is 7.51. The normalized spacial score (nSPS) is 10.6. The van der Waals surface area contributed by atoms with E-state index in [1.165, 1.54) is 23.5 Å². The minimum atomic E-state index is -0.388. The summed E-state index contributed by atoms with van der Waals surface area (Å²) >= 11 is 7.05. The zero-order chi connectivity index (χ0) is 16.9. The van der Waals surface area contributed by atoms with Gasteiger partial charge >= 0.3 is 5.97 Å². The molecule has 0 spiro atoms. The monoisotopic (exact) mass is 362 g/mol. The highest BCUT2D eigenvalue weighted by Crippen LogP contribution is 2.24. The highest BCUT2D eigenvalue weighted by Gasteiger charge is 2.11. The minimum absolute atomic E-state index is 0.0623. The number of aromatic nitrogens is 2.